The molecule has 0 heterocycles. The minimum absolute atomic E-state index is 0.116. The maximum absolute atomic E-state index is 12.2. The number of aliphatic hydroxyl groups excluding tert-OH is 1. The molecule has 1 atom stereocenters. The van der Waals surface area contributed by atoms with Crippen LogP contribution in [0, 0.1) is 0 Å². The topological polar surface area (TPSA) is 60.8 Å². The lowest BCUT2D eigenvalue weighted by molar-refractivity contribution is 0.0826. The van der Waals surface area contributed by atoms with Gasteiger partial charge in [0.15, 0.2) is 0 Å². The Labute approximate surface area is 140 Å². The van der Waals surface area contributed by atoms with Crippen molar-refractivity contribution in [3.8, 4) is 5.75 Å². The van der Waals surface area contributed by atoms with Gasteiger partial charge in [-0.2, -0.15) is 0 Å². The Morgan fingerprint density at radius 1 is 1.22 bits per heavy atom. The number of aliphatic hydroxyl groups is 1. The second-order valence-corrected chi connectivity index (χ2v) is 6.09. The third-order valence-electron chi connectivity index (χ3n) is 3.65. The summed E-state index contributed by atoms with van der Waals surface area (Å²) < 4.78 is 0. The first kappa shape index (κ1) is 17.3. The van der Waals surface area contributed by atoms with Gasteiger partial charge in [0.25, 0.3) is 5.91 Å². The number of carbonyl (C=O) groups is 1. The predicted octanol–water partition coefficient (Wildman–Crippen LogP) is 3.41. The number of aryl methyl sites for hydroxylation is 1. The van der Waals surface area contributed by atoms with Crippen LogP contribution >= 0.6 is 11.6 Å². The zero-order valence-corrected chi connectivity index (χ0v) is 13.9. The molecule has 2 rings (SSSR count). The van der Waals surface area contributed by atoms with Crippen molar-refractivity contribution in [1.29, 1.82) is 0 Å². The third-order valence-corrected chi connectivity index (χ3v) is 3.89. The highest BCUT2D eigenvalue weighted by Crippen LogP contribution is 2.25. The van der Waals surface area contributed by atoms with Crippen LogP contribution in [0.25, 0.3) is 0 Å². The van der Waals surface area contributed by atoms with Gasteiger partial charge in [-0.15, -0.1) is 0 Å². The van der Waals surface area contributed by atoms with Crippen molar-refractivity contribution in [2.45, 2.75) is 18.9 Å². The first-order chi connectivity index (χ1) is 10.9. The van der Waals surface area contributed by atoms with Crippen LogP contribution in [0.3, 0.4) is 0 Å². The molecule has 2 aromatic carbocycles. The van der Waals surface area contributed by atoms with E-state index in [9.17, 15) is 15.0 Å². The largest absolute Gasteiger partial charge is 0.508 e. The summed E-state index contributed by atoms with van der Waals surface area (Å²) in [6.07, 6.45) is 0.266. The summed E-state index contributed by atoms with van der Waals surface area (Å²) in [6, 6.07) is 11.8. The molecule has 2 N–H and O–H groups in total. The fraction of sp³-hybridized carbons (Fsp3) is 0.278. The molecular formula is C18H20ClNO3. The molecule has 5 heteroatoms. The molecular weight excluding hydrogens is 314 g/mol. The summed E-state index contributed by atoms with van der Waals surface area (Å²) in [6.45, 7) is 0. The van der Waals surface area contributed by atoms with Crippen LogP contribution in [0.4, 0.5) is 0 Å². The van der Waals surface area contributed by atoms with Crippen LogP contribution in [0.1, 0.15) is 34.0 Å². The Kier molecular flexibility index (Phi) is 5.64. The molecule has 0 bridgehead atoms. The molecule has 0 aliphatic carbocycles. The minimum Gasteiger partial charge on any atom is -0.508 e. The number of aromatic hydroxyl groups is 1. The van der Waals surface area contributed by atoms with Gasteiger partial charge >= 0.3 is 0 Å². The normalized spacial score (nSPS) is 12.0. The average molecular weight is 334 g/mol. The molecule has 1 amide bonds. The lowest BCUT2D eigenvalue weighted by Gasteiger charge is -2.16. The summed E-state index contributed by atoms with van der Waals surface area (Å²) in [7, 11) is 3.38. The second kappa shape index (κ2) is 7.49. The van der Waals surface area contributed by atoms with Crippen molar-refractivity contribution >= 4 is 17.5 Å². The van der Waals surface area contributed by atoms with Crippen LogP contribution < -0.4 is 0 Å². The molecule has 0 unspecified atom stereocenters. The van der Waals surface area contributed by atoms with Gasteiger partial charge in [-0.05, 0) is 48.2 Å². The first-order valence-electron chi connectivity index (χ1n) is 7.35. The number of benzene rings is 2. The minimum atomic E-state index is -0.708. The molecule has 2 aromatic rings. The maximum atomic E-state index is 12.2. The molecule has 0 saturated heterocycles. The van der Waals surface area contributed by atoms with Crippen LogP contribution in [0.5, 0.6) is 5.75 Å². The van der Waals surface area contributed by atoms with E-state index in [1.165, 1.54) is 4.90 Å². The van der Waals surface area contributed by atoms with Gasteiger partial charge in [-0.3, -0.25) is 4.79 Å². The molecule has 0 aromatic heterocycles. The standard InChI is InChI=1S/C18H20ClNO3/c1-20(2)18(23)16-11-14(19)8-6-12(16)7-9-17(22)13-4-3-5-15(21)10-13/h3-6,8,10-11,17,21-22H,7,9H2,1-2H3/t17-/m1/s1. The van der Waals surface area contributed by atoms with Gasteiger partial charge in [-0.25, -0.2) is 0 Å². The summed E-state index contributed by atoms with van der Waals surface area (Å²) in [4.78, 5) is 13.7. The number of phenolic OH excluding ortho intramolecular Hbond substituents is 1. The quantitative estimate of drug-likeness (QED) is 0.881. The Morgan fingerprint density at radius 2 is 1.96 bits per heavy atom. The number of rotatable bonds is 5. The van der Waals surface area contributed by atoms with Gasteiger partial charge in [0.1, 0.15) is 5.75 Å². The van der Waals surface area contributed by atoms with Crippen molar-refractivity contribution in [2.75, 3.05) is 14.1 Å². The van der Waals surface area contributed by atoms with Gasteiger partial charge < -0.3 is 15.1 Å². The molecule has 23 heavy (non-hydrogen) atoms. The van der Waals surface area contributed by atoms with E-state index in [2.05, 4.69) is 0 Å². The third kappa shape index (κ3) is 4.47. The predicted molar refractivity (Wildman–Crippen MR) is 90.9 cm³/mol. The van der Waals surface area contributed by atoms with Crippen molar-refractivity contribution in [2.24, 2.45) is 0 Å². The highest BCUT2D eigenvalue weighted by molar-refractivity contribution is 6.31. The maximum Gasteiger partial charge on any atom is 0.253 e. The van der Waals surface area contributed by atoms with Crippen molar-refractivity contribution in [3.63, 3.8) is 0 Å². The number of halogens is 1. The molecule has 4 nitrogen and oxygen atoms in total. The first-order valence-corrected chi connectivity index (χ1v) is 7.73. The molecule has 0 saturated carbocycles. The number of hydrogen-bond acceptors (Lipinski definition) is 3. The van der Waals surface area contributed by atoms with Gasteiger partial charge in [-0.1, -0.05) is 29.8 Å². The number of nitrogens with zero attached hydrogens (tertiary/aromatic N) is 1. The van der Waals surface area contributed by atoms with E-state index in [1.807, 2.05) is 6.07 Å². The van der Waals surface area contributed by atoms with Gasteiger partial charge in [0, 0.05) is 24.7 Å². The van der Waals surface area contributed by atoms with E-state index in [4.69, 9.17) is 11.6 Å². The molecule has 0 aliphatic heterocycles. The summed E-state index contributed by atoms with van der Waals surface area (Å²) >= 11 is 5.99. The fourth-order valence-electron chi connectivity index (χ4n) is 2.40. The summed E-state index contributed by atoms with van der Waals surface area (Å²) in [5.74, 6) is 0.00543. The Bertz CT molecular complexity index is 700. The lowest BCUT2D eigenvalue weighted by Crippen LogP contribution is -2.23. The molecule has 0 radical (unpaired) electrons. The Hall–Kier alpha value is -2.04. The van der Waals surface area contributed by atoms with Crippen LogP contribution in [0.15, 0.2) is 42.5 Å². The monoisotopic (exact) mass is 333 g/mol. The number of carbonyl (C=O) groups excluding carboxylic acids is 1. The van der Waals surface area contributed by atoms with Crippen molar-refractivity contribution in [1.82, 2.24) is 4.90 Å². The molecule has 0 spiro atoms. The summed E-state index contributed by atoms with van der Waals surface area (Å²) in [5.41, 5.74) is 2.04. The van der Waals surface area contributed by atoms with Crippen LogP contribution in [0.2, 0.25) is 5.02 Å². The van der Waals surface area contributed by atoms with Crippen LogP contribution in [-0.2, 0) is 6.42 Å². The van der Waals surface area contributed by atoms with E-state index in [1.54, 1.807) is 50.5 Å². The van der Waals surface area contributed by atoms with E-state index in [0.717, 1.165) is 5.56 Å². The summed E-state index contributed by atoms with van der Waals surface area (Å²) in [5, 5.41) is 20.3. The van der Waals surface area contributed by atoms with Gasteiger partial charge in [0.05, 0.1) is 6.10 Å². The highest BCUT2D eigenvalue weighted by atomic mass is 35.5. The highest BCUT2D eigenvalue weighted by Gasteiger charge is 2.16. The number of amides is 1. The fourth-order valence-corrected chi connectivity index (χ4v) is 2.57. The SMILES string of the molecule is CN(C)C(=O)c1cc(Cl)ccc1CC[C@@H](O)c1cccc(O)c1. The molecule has 122 valence electrons. The average Bonchev–Trinajstić information content (AvgIpc) is 2.52. The Balaban J connectivity index is 2.15. The second-order valence-electron chi connectivity index (χ2n) is 5.65. The van der Waals surface area contributed by atoms with Crippen LogP contribution in [-0.4, -0.2) is 35.1 Å². The van der Waals surface area contributed by atoms with Crippen molar-refractivity contribution in [3.05, 3.63) is 64.2 Å². The lowest BCUT2D eigenvalue weighted by atomic mass is 9.97. The van der Waals surface area contributed by atoms with E-state index >= 15 is 0 Å². The molecule has 0 aliphatic rings. The number of phenols is 1. The van der Waals surface area contributed by atoms with E-state index < -0.39 is 6.10 Å². The smallest absolute Gasteiger partial charge is 0.253 e. The number of hydrogen-bond donors (Lipinski definition) is 2. The van der Waals surface area contributed by atoms with E-state index in [0.29, 0.717) is 29.0 Å². The van der Waals surface area contributed by atoms with E-state index in [-0.39, 0.29) is 11.7 Å². The zero-order chi connectivity index (χ0) is 17.0. The van der Waals surface area contributed by atoms with Crippen molar-refractivity contribution < 1.29 is 15.0 Å². The Morgan fingerprint density at radius 3 is 2.61 bits per heavy atom. The molecule has 0 fully saturated rings. The zero-order valence-electron chi connectivity index (χ0n) is 13.2. The van der Waals surface area contributed by atoms with Gasteiger partial charge in [0.2, 0.25) is 0 Å².